The van der Waals surface area contributed by atoms with E-state index in [1.54, 1.807) is 0 Å². The molecule has 0 bridgehead atoms. The molecular formula is H33Li11O11. The van der Waals surface area contributed by atoms with E-state index in [0.717, 1.165) is 0 Å². The van der Waals surface area contributed by atoms with E-state index in [1.807, 2.05) is 0 Å². The molecule has 11 nitrogen and oxygen atoms in total. The van der Waals surface area contributed by atoms with Crippen molar-refractivity contribution in [2.45, 2.75) is 0 Å². The van der Waals surface area contributed by atoms with Crippen LogP contribution >= 0.6 is 0 Å². The Morgan fingerprint density at radius 1 is 0.0909 bits per heavy atom. The van der Waals surface area contributed by atoms with E-state index >= 15 is 0 Å². The van der Waals surface area contributed by atoms with Crippen LogP contribution in [0.25, 0.3) is 0 Å². The average molecular weight is 286 g/mol. The molecule has 0 rings (SSSR count). The molecule has 0 unspecified atom stereocenters. The molecule has 0 aromatic carbocycles. The van der Waals surface area contributed by atoms with Gasteiger partial charge >= 0.3 is 207 Å². The van der Waals surface area contributed by atoms with Gasteiger partial charge in [0, 0.05) is 0 Å². The summed E-state index contributed by atoms with van der Waals surface area (Å²) < 4.78 is 0. The molecule has 0 aliphatic heterocycles. The summed E-state index contributed by atoms with van der Waals surface area (Å²) in [6.45, 7) is 0. The van der Waals surface area contributed by atoms with Crippen molar-refractivity contribution in [3.05, 3.63) is 0 Å². The van der Waals surface area contributed by atoms with Crippen molar-refractivity contribution in [1.29, 1.82) is 0 Å². The van der Waals surface area contributed by atoms with Gasteiger partial charge in [0.1, 0.15) is 0 Å². The topological polar surface area (TPSA) is 346 Å². The summed E-state index contributed by atoms with van der Waals surface area (Å²) in [5, 5.41) is 0. The normalized spacial score (nSPS) is 0. The Morgan fingerprint density at radius 2 is 0.0909 bits per heavy atom. The van der Waals surface area contributed by atoms with Gasteiger partial charge in [-0.1, -0.05) is 0 Å². The van der Waals surface area contributed by atoms with Crippen LogP contribution in [-0.2, 0) is 0 Å². The molecule has 0 aromatic heterocycles. The maximum atomic E-state index is 0. The molecule has 110 valence electrons. The van der Waals surface area contributed by atoms with E-state index in [9.17, 15) is 0 Å². The summed E-state index contributed by atoms with van der Waals surface area (Å²) >= 11 is 0. The molecule has 0 atom stereocenters. The van der Waals surface area contributed by atoms with Crippen LogP contribution < -0.4 is 0 Å². The molecular weight excluding hydrogens is 252 g/mol. The Hall–Kier alpha value is 6.13. The van der Waals surface area contributed by atoms with Crippen molar-refractivity contribution in [3.8, 4) is 0 Å². The summed E-state index contributed by atoms with van der Waals surface area (Å²) in [6.07, 6.45) is 0. The van der Waals surface area contributed by atoms with Gasteiger partial charge in [-0.25, -0.2) is 0 Å². The summed E-state index contributed by atoms with van der Waals surface area (Å²) in [4.78, 5) is 0. The second-order valence-corrected chi connectivity index (χ2v) is 0. The van der Waals surface area contributed by atoms with E-state index < -0.39 is 0 Å². The van der Waals surface area contributed by atoms with Crippen LogP contribution in [0.4, 0.5) is 0 Å². The van der Waals surface area contributed by atoms with Gasteiger partial charge in [-0.2, -0.15) is 0 Å². The van der Waals surface area contributed by atoms with Crippen molar-refractivity contribution >= 4 is 207 Å². The van der Waals surface area contributed by atoms with Gasteiger partial charge in [-0.15, -0.1) is 0 Å². The van der Waals surface area contributed by atoms with Gasteiger partial charge in [0.2, 0.25) is 0 Å². The van der Waals surface area contributed by atoms with Crippen molar-refractivity contribution in [2.24, 2.45) is 0 Å². The van der Waals surface area contributed by atoms with Crippen LogP contribution in [0, 0.1) is 0 Å². The zero-order valence-electron chi connectivity index (χ0n) is 5.50. The first-order chi connectivity index (χ1) is 0. The predicted molar refractivity (Wildman–Crippen MR) is 118 cm³/mol. The SMILES string of the molecule is O.O.O.O.O.O.O.O.O.O.O.[LiH].[LiH].[LiH].[LiH].[LiH].[LiH].[LiH].[LiH].[LiH].[LiH].[LiH]. The van der Waals surface area contributed by atoms with E-state index in [4.69, 9.17) is 0 Å². The molecule has 0 fully saturated rings. The Labute approximate surface area is 263 Å². The Bertz CT molecular complexity index is 22.0. The van der Waals surface area contributed by atoms with Crippen LogP contribution in [0.2, 0.25) is 0 Å². The van der Waals surface area contributed by atoms with Crippen molar-refractivity contribution in [1.82, 2.24) is 0 Å². The zero-order chi connectivity index (χ0) is 0. The molecule has 22 heteroatoms. The van der Waals surface area contributed by atoms with Crippen LogP contribution in [-0.4, -0.2) is 268 Å². The van der Waals surface area contributed by atoms with Gasteiger partial charge in [0.05, 0.1) is 0 Å². The fourth-order valence-corrected chi connectivity index (χ4v) is 0. The third-order valence-electron chi connectivity index (χ3n) is 0. The van der Waals surface area contributed by atoms with E-state index in [-0.39, 0.29) is 268 Å². The van der Waals surface area contributed by atoms with Gasteiger partial charge in [0.15, 0.2) is 0 Å². The fraction of sp³-hybridized carbons (Fsp3) is 0. The van der Waals surface area contributed by atoms with E-state index in [1.165, 1.54) is 0 Å². The Morgan fingerprint density at radius 3 is 0.0909 bits per heavy atom. The quantitative estimate of drug-likeness (QED) is 0.374. The Balaban J connectivity index is 0. The molecule has 0 spiro atoms. The monoisotopic (exact) mass is 286 g/mol. The van der Waals surface area contributed by atoms with Gasteiger partial charge in [0.25, 0.3) is 0 Å². The second kappa shape index (κ2) is 493. The number of rotatable bonds is 0. The van der Waals surface area contributed by atoms with E-state index in [0.29, 0.717) is 0 Å². The van der Waals surface area contributed by atoms with Gasteiger partial charge in [-0.3, -0.25) is 0 Å². The van der Waals surface area contributed by atoms with Crippen molar-refractivity contribution in [3.63, 3.8) is 0 Å². The van der Waals surface area contributed by atoms with Gasteiger partial charge in [-0.05, 0) is 0 Å². The Kier molecular flexibility index (Phi) is 12300. The van der Waals surface area contributed by atoms with Crippen LogP contribution in [0.5, 0.6) is 0 Å². The molecule has 0 aliphatic carbocycles. The third kappa shape index (κ3) is 439. The van der Waals surface area contributed by atoms with Crippen LogP contribution in [0.1, 0.15) is 0 Å². The van der Waals surface area contributed by atoms with E-state index in [2.05, 4.69) is 0 Å². The molecule has 22 heavy (non-hydrogen) atoms. The molecule has 22 N–H and O–H groups in total. The summed E-state index contributed by atoms with van der Waals surface area (Å²) in [7, 11) is 0. The molecule has 0 amide bonds. The number of hydrogen-bond donors (Lipinski definition) is 0. The first kappa shape index (κ1) is 551. The molecule has 0 aliphatic rings. The fourth-order valence-electron chi connectivity index (χ4n) is 0. The maximum absolute atomic E-state index is 0. The summed E-state index contributed by atoms with van der Waals surface area (Å²) in [6, 6.07) is 0. The van der Waals surface area contributed by atoms with Crippen LogP contribution in [0.15, 0.2) is 0 Å². The first-order valence-electron chi connectivity index (χ1n) is 0. The molecule has 0 radical (unpaired) electrons. The average Bonchev–Trinajstić information content (AvgIpc) is 0. The minimum atomic E-state index is 0. The van der Waals surface area contributed by atoms with Crippen molar-refractivity contribution < 1.29 is 60.2 Å². The third-order valence-corrected chi connectivity index (χ3v) is 0. The summed E-state index contributed by atoms with van der Waals surface area (Å²) in [5.41, 5.74) is 0. The standard InChI is InChI=1S/11Li.11H2O.11H/h;;;;;;;;;;;11*1H2;;;;;;;;;;;. The molecule has 0 heterocycles. The summed E-state index contributed by atoms with van der Waals surface area (Å²) in [5.74, 6) is 0. The predicted octanol–water partition coefficient (Wildman–Crippen LogP) is -16.2. The van der Waals surface area contributed by atoms with Gasteiger partial charge < -0.3 is 60.2 Å². The molecule has 0 saturated heterocycles. The zero-order valence-corrected chi connectivity index (χ0v) is 5.50. The molecule has 0 aromatic rings. The number of hydrogen-bond acceptors (Lipinski definition) is 0. The van der Waals surface area contributed by atoms with Crippen molar-refractivity contribution in [2.75, 3.05) is 0 Å². The van der Waals surface area contributed by atoms with Crippen LogP contribution in [0.3, 0.4) is 0 Å². The first-order valence-corrected chi connectivity index (χ1v) is 0. The second-order valence-electron chi connectivity index (χ2n) is 0. The molecule has 0 saturated carbocycles. The minimum absolute atomic E-state index is 0.